The molecule has 1 aromatic carbocycles. The van der Waals surface area contributed by atoms with E-state index in [1.165, 1.54) is 18.4 Å². The SMILES string of the molecule is CN(CC(F)F)C(=O)c1sc2ccc(Cl)cc2c1N. The van der Waals surface area contributed by atoms with E-state index >= 15 is 0 Å². The van der Waals surface area contributed by atoms with Crippen molar-refractivity contribution in [1.29, 1.82) is 0 Å². The number of anilines is 1. The Morgan fingerprint density at radius 2 is 2.21 bits per heavy atom. The Morgan fingerprint density at radius 3 is 2.84 bits per heavy atom. The number of alkyl halides is 2. The van der Waals surface area contributed by atoms with Crippen LogP contribution < -0.4 is 5.73 Å². The summed E-state index contributed by atoms with van der Waals surface area (Å²) in [4.78, 5) is 13.3. The number of halogens is 3. The summed E-state index contributed by atoms with van der Waals surface area (Å²) in [6.07, 6.45) is -2.57. The Kier molecular flexibility index (Phi) is 3.91. The van der Waals surface area contributed by atoms with Crippen molar-refractivity contribution >= 4 is 44.6 Å². The quantitative estimate of drug-likeness (QED) is 0.943. The minimum absolute atomic E-state index is 0.264. The average molecular weight is 305 g/mol. The summed E-state index contributed by atoms with van der Waals surface area (Å²) < 4.78 is 25.4. The summed E-state index contributed by atoms with van der Waals surface area (Å²) in [5, 5.41) is 1.18. The van der Waals surface area contributed by atoms with Gasteiger partial charge in [-0.2, -0.15) is 0 Å². The molecule has 2 rings (SSSR count). The fourth-order valence-electron chi connectivity index (χ4n) is 1.71. The van der Waals surface area contributed by atoms with Crippen LogP contribution in [-0.4, -0.2) is 30.8 Å². The molecule has 0 aliphatic heterocycles. The number of amides is 1. The molecule has 0 saturated heterocycles. The van der Waals surface area contributed by atoms with Crippen LogP contribution in [0.25, 0.3) is 10.1 Å². The molecule has 1 aromatic heterocycles. The molecule has 102 valence electrons. The highest BCUT2D eigenvalue weighted by Gasteiger charge is 2.21. The second-order valence-electron chi connectivity index (χ2n) is 4.06. The first-order valence-corrected chi connectivity index (χ1v) is 6.60. The first-order chi connectivity index (χ1) is 8.90. The van der Waals surface area contributed by atoms with Gasteiger partial charge in [0.05, 0.1) is 12.2 Å². The second kappa shape index (κ2) is 5.30. The van der Waals surface area contributed by atoms with Crippen molar-refractivity contribution in [1.82, 2.24) is 4.90 Å². The zero-order valence-corrected chi connectivity index (χ0v) is 11.6. The molecular weight excluding hydrogens is 294 g/mol. The van der Waals surface area contributed by atoms with Gasteiger partial charge in [0.2, 0.25) is 0 Å². The van der Waals surface area contributed by atoms with E-state index in [0.29, 0.717) is 10.4 Å². The number of hydrogen-bond donors (Lipinski definition) is 1. The summed E-state index contributed by atoms with van der Waals surface area (Å²) in [6, 6.07) is 5.10. The maximum Gasteiger partial charge on any atom is 0.266 e. The Bertz CT molecular complexity index is 629. The fourth-order valence-corrected chi connectivity index (χ4v) is 2.98. The Labute approximate surface area is 117 Å². The number of benzene rings is 1. The lowest BCUT2D eigenvalue weighted by atomic mass is 10.2. The molecule has 0 radical (unpaired) electrons. The Balaban J connectivity index is 2.40. The third-order valence-electron chi connectivity index (χ3n) is 2.64. The van der Waals surface area contributed by atoms with E-state index in [-0.39, 0.29) is 10.6 Å². The third-order valence-corrected chi connectivity index (χ3v) is 4.05. The molecule has 19 heavy (non-hydrogen) atoms. The number of rotatable bonds is 3. The van der Waals surface area contributed by atoms with Crippen molar-refractivity contribution in [3.63, 3.8) is 0 Å². The van der Waals surface area contributed by atoms with Gasteiger partial charge in [-0.25, -0.2) is 8.78 Å². The largest absolute Gasteiger partial charge is 0.397 e. The molecule has 0 bridgehead atoms. The van der Waals surface area contributed by atoms with Gasteiger partial charge in [-0.3, -0.25) is 4.79 Å². The molecule has 0 fully saturated rings. The van der Waals surface area contributed by atoms with Crippen molar-refractivity contribution in [3.8, 4) is 0 Å². The first-order valence-electron chi connectivity index (χ1n) is 5.41. The molecule has 1 heterocycles. The molecule has 0 spiro atoms. The lowest BCUT2D eigenvalue weighted by Crippen LogP contribution is -2.31. The van der Waals surface area contributed by atoms with E-state index in [1.54, 1.807) is 18.2 Å². The number of nitrogen functional groups attached to an aromatic ring is 1. The summed E-state index contributed by atoms with van der Waals surface area (Å²) >= 11 is 7.04. The molecule has 2 N–H and O–H groups in total. The van der Waals surface area contributed by atoms with Crippen LogP contribution in [0.1, 0.15) is 9.67 Å². The molecule has 2 aromatic rings. The maximum absolute atomic E-state index is 12.3. The molecule has 0 unspecified atom stereocenters. The number of carbonyl (C=O) groups excluding carboxylic acids is 1. The van der Waals surface area contributed by atoms with Gasteiger partial charge in [0.25, 0.3) is 12.3 Å². The van der Waals surface area contributed by atoms with Crippen molar-refractivity contribution in [2.75, 3.05) is 19.3 Å². The van der Waals surface area contributed by atoms with Crippen molar-refractivity contribution in [2.45, 2.75) is 6.43 Å². The average Bonchev–Trinajstić information content (AvgIpc) is 2.65. The predicted molar refractivity (Wildman–Crippen MR) is 74.2 cm³/mol. The predicted octanol–water partition coefficient (Wildman–Crippen LogP) is 3.47. The third kappa shape index (κ3) is 2.79. The molecule has 0 aliphatic rings. The van der Waals surface area contributed by atoms with Crippen molar-refractivity contribution in [2.24, 2.45) is 0 Å². The van der Waals surface area contributed by atoms with Crippen LogP contribution in [-0.2, 0) is 0 Å². The molecule has 0 saturated carbocycles. The molecule has 7 heteroatoms. The second-order valence-corrected chi connectivity index (χ2v) is 5.55. The van der Waals surface area contributed by atoms with E-state index in [1.807, 2.05) is 0 Å². The van der Waals surface area contributed by atoms with Crippen molar-refractivity contribution < 1.29 is 13.6 Å². The van der Waals surface area contributed by atoms with E-state index in [0.717, 1.165) is 9.60 Å². The zero-order chi connectivity index (χ0) is 14.2. The fraction of sp³-hybridized carbons (Fsp3) is 0.250. The molecule has 1 amide bonds. The number of thiophene rings is 1. The first kappa shape index (κ1) is 14.0. The summed E-state index contributed by atoms with van der Waals surface area (Å²) in [5.74, 6) is -0.505. The van der Waals surface area contributed by atoms with Gasteiger partial charge in [-0.15, -0.1) is 11.3 Å². The van der Waals surface area contributed by atoms with Gasteiger partial charge in [0.15, 0.2) is 0 Å². The summed E-state index contributed by atoms with van der Waals surface area (Å²) in [7, 11) is 1.32. The number of fused-ring (bicyclic) bond motifs is 1. The van der Waals surface area contributed by atoms with E-state index in [4.69, 9.17) is 17.3 Å². The zero-order valence-electron chi connectivity index (χ0n) is 9.99. The molecule has 0 aliphatic carbocycles. The van der Waals surface area contributed by atoms with Crippen LogP contribution in [0.3, 0.4) is 0 Å². The monoisotopic (exact) mass is 304 g/mol. The minimum Gasteiger partial charge on any atom is -0.397 e. The lowest BCUT2D eigenvalue weighted by Gasteiger charge is -2.15. The number of carbonyl (C=O) groups is 1. The van der Waals surface area contributed by atoms with Gasteiger partial charge in [0.1, 0.15) is 4.88 Å². The van der Waals surface area contributed by atoms with Crippen LogP contribution in [0.15, 0.2) is 18.2 Å². The Morgan fingerprint density at radius 1 is 1.53 bits per heavy atom. The molecule has 3 nitrogen and oxygen atoms in total. The van der Waals surface area contributed by atoms with Crippen LogP contribution in [0, 0.1) is 0 Å². The standard InChI is InChI=1S/C12H11ClF2N2OS/c1-17(5-9(14)15)12(18)11-10(16)7-4-6(13)2-3-8(7)19-11/h2-4,9H,5,16H2,1H3. The number of hydrogen-bond acceptors (Lipinski definition) is 3. The van der Waals surface area contributed by atoms with Gasteiger partial charge in [-0.05, 0) is 18.2 Å². The maximum atomic E-state index is 12.3. The van der Waals surface area contributed by atoms with Gasteiger partial charge in [-0.1, -0.05) is 11.6 Å². The van der Waals surface area contributed by atoms with Gasteiger partial charge >= 0.3 is 0 Å². The highest BCUT2D eigenvalue weighted by atomic mass is 35.5. The van der Waals surface area contributed by atoms with E-state index < -0.39 is 18.9 Å². The van der Waals surface area contributed by atoms with Gasteiger partial charge in [0, 0.05) is 22.2 Å². The highest BCUT2D eigenvalue weighted by molar-refractivity contribution is 7.21. The van der Waals surface area contributed by atoms with Crippen molar-refractivity contribution in [3.05, 3.63) is 28.1 Å². The van der Waals surface area contributed by atoms with E-state index in [2.05, 4.69) is 0 Å². The summed E-state index contributed by atoms with van der Waals surface area (Å²) in [6.45, 7) is -0.618. The van der Waals surface area contributed by atoms with Gasteiger partial charge < -0.3 is 10.6 Å². The molecular formula is C12H11ClF2N2OS. The normalized spacial score (nSPS) is 11.2. The van der Waals surface area contributed by atoms with Crippen LogP contribution >= 0.6 is 22.9 Å². The Hall–Kier alpha value is -1.40. The van der Waals surface area contributed by atoms with Crippen LogP contribution in [0.2, 0.25) is 5.02 Å². The topological polar surface area (TPSA) is 46.3 Å². The lowest BCUT2D eigenvalue weighted by molar-refractivity contribution is 0.0625. The van der Waals surface area contributed by atoms with Crippen LogP contribution in [0.5, 0.6) is 0 Å². The smallest absolute Gasteiger partial charge is 0.266 e. The molecule has 0 atom stereocenters. The minimum atomic E-state index is -2.57. The van der Waals surface area contributed by atoms with Crippen LogP contribution in [0.4, 0.5) is 14.5 Å². The van der Waals surface area contributed by atoms with E-state index in [9.17, 15) is 13.6 Å². The number of nitrogens with two attached hydrogens (primary N) is 1. The highest BCUT2D eigenvalue weighted by Crippen LogP contribution is 2.35. The summed E-state index contributed by atoms with van der Waals surface area (Å²) in [5.41, 5.74) is 6.18. The number of nitrogens with zero attached hydrogens (tertiary/aromatic N) is 1.